The van der Waals surface area contributed by atoms with Crippen LogP contribution in [0.3, 0.4) is 0 Å². The molecule has 1 aromatic carbocycles. The van der Waals surface area contributed by atoms with Crippen LogP contribution in [0.4, 0.5) is 0 Å². The van der Waals surface area contributed by atoms with Gasteiger partial charge in [0.25, 0.3) is 0 Å². The van der Waals surface area contributed by atoms with Gasteiger partial charge < -0.3 is 19.9 Å². The van der Waals surface area contributed by atoms with Gasteiger partial charge in [-0.2, -0.15) is 0 Å². The Labute approximate surface area is 125 Å². The highest BCUT2D eigenvalue weighted by atomic mass is 16.5. The number of esters is 1. The number of methoxy groups -OCH3 is 1. The largest absolute Gasteiger partial charge is 0.494 e. The van der Waals surface area contributed by atoms with E-state index in [1.54, 1.807) is 0 Å². The molecule has 1 fully saturated rings. The summed E-state index contributed by atoms with van der Waals surface area (Å²) in [4.78, 5) is 11.7. The van der Waals surface area contributed by atoms with Crippen molar-refractivity contribution < 1.29 is 19.0 Å². The fourth-order valence-corrected chi connectivity index (χ4v) is 2.54. The van der Waals surface area contributed by atoms with E-state index in [0.717, 1.165) is 24.3 Å². The fraction of sp³-hybridized carbons (Fsp3) is 0.562. The Morgan fingerprint density at radius 1 is 1.33 bits per heavy atom. The predicted molar refractivity (Wildman–Crippen MR) is 79.4 cm³/mol. The van der Waals surface area contributed by atoms with Gasteiger partial charge in [-0.05, 0) is 43.5 Å². The van der Waals surface area contributed by atoms with E-state index in [0.29, 0.717) is 19.4 Å². The van der Waals surface area contributed by atoms with E-state index in [2.05, 4.69) is 6.92 Å². The summed E-state index contributed by atoms with van der Waals surface area (Å²) in [6.45, 7) is 2.77. The molecule has 1 aliphatic carbocycles. The summed E-state index contributed by atoms with van der Waals surface area (Å²) < 4.78 is 16.2. The minimum atomic E-state index is -0.913. The van der Waals surface area contributed by atoms with Crippen LogP contribution in [-0.4, -0.2) is 31.3 Å². The van der Waals surface area contributed by atoms with Crippen molar-refractivity contribution in [2.45, 2.75) is 44.2 Å². The molecule has 5 heteroatoms. The average Bonchev–Trinajstić information content (AvgIpc) is 2.88. The van der Waals surface area contributed by atoms with Gasteiger partial charge >= 0.3 is 5.97 Å². The zero-order valence-corrected chi connectivity index (χ0v) is 12.6. The van der Waals surface area contributed by atoms with Crippen LogP contribution in [0.5, 0.6) is 11.5 Å². The third-order valence-corrected chi connectivity index (χ3v) is 3.70. The van der Waals surface area contributed by atoms with Crippen LogP contribution < -0.4 is 15.2 Å². The van der Waals surface area contributed by atoms with Gasteiger partial charge in [0.05, 0.1) is 13.7 Å². The highest BCUT2D eigenvalue weighted by Gasteiger charge is 2.44. The van der Waals surface area contributed by atoms with Crippen molar-refractivity contribution in [3.63, 3.8) is 0 Å². The van der Waals surface area contributed by atoms with Gasteiger partial charge in [-0.15, -0.1) is 0 Å². The molecule has 0 radical (unpaired) electrons. The van der Waals surface area contributed by atoms with Gasteiger partial charge in [0, 0.05) is 6.42 Å². The number of hydrogen-bond donors (Lipinski definition) is 1. The number of ether oxygens (including phenoxy) is 3. The van der Waals surface area contributed by atoms with Crippen LogP contribution in [0, 0.1) is 0 Å². The summed E-state index contributed by atoms with van der Waals surface area (Å²) in [5.74, 6) is 1.23. The van der Waals surface area contributed by atoms with E-state index >= 15 is 0 Å². The lowest BCUT2D eigenvalue weighted by atomic mass is 10.00. The standard InChI is InChI=1S/C16H23NO4/c1-3-10-20-12-4-6-13(7-5-12)21-14-8-9-16(17,11-14)15(18)19-2/h4-7,14H,3,8-11,17H2,1-2H3. The average molecular weight is 293 g/mol. The minimum absolute atomic E-state index is 0.0588. The molecule has 2 rings (SSSR count). The Hall–Kier alpha value is -1.75. The first-order valence-electron chi connectivity index (χ1n) is 7.34. The Bertz CT molecular complexity index is 474. The van der Waals surface area contributed by atoms with Gasteiger partial charge in [-0.1, -0.05) is 6.92 Å². The lowest BCUT2D eigenvalue weighted by Crippen LogP contribution is -2.47. The van der Waals surface area contributed by atoms with E-state index in [-0.39, 0.29) is 12.1 Å². The predicted octanol–water partition coefficient (Wildman–Crippen LogP) is 2.28. The first kappa shape index (κ1) is 15.6. The number of carbonyl (C=O) groups excluding carboxylic acids is 1. The number of rotatable bonds is 6. The van der Waals surface area contributed by atoms with Crippen molar-refractivity contribution in [3.8, 4) is 11.5 Å². The van der Waals surface area contributed by atoms with Gasteiger partial charge in [0.15, 0.2) is 0 Å². The lowest BCUT2D eigenvalue weighted by Gasteiger charge is -2.21. The van der Waals surface area contributed by atoms with Crippen molar-refractivity contribution in [1.82, 2.24) is 0 Å². The van der Waals surface area contributed by atoms with Gasteiger partial charge in [0.1, 0.15) is 23.1 Å². The van der Waals surface area contributed by atoms with Crippen molar-refractivity contribution >= 4 is 5.97 Å². The molecule has 0 amide bonds. The van der Waals surface area contributed by atoms with E-state index in [9.17, 15) is 4.79 Å². The highest BCUT2D eigenvalue weighted by molar-refractivity contribution is 5.80. The summed E-state index contributed by atoms with van der Waals surface area (Å²) in [5, 5.41) is 0. The third-order valence-electron chi connectivity index (χ3n) is 3.70. The van der Waals surface area contributed by atoms with Crippen LogP contribution in [-0.2, 0) is 9.53 Å². The zero-order chi connectivity index (χ0) is 15.3. The highest BCUT2D eigenvalue weighted by Crippen LogP contribution is 2.32. The first-order valence-corrected chi connectivity index (χ1v) is 7.34. The fourth-order valence-electron chi connectivity index (χ4n) is 2.54. The van der Waals surface area contributed by atoms with E-state index in [4.69, 9.17) is 19.9 Å². The quantitative estimate of drug-likeness (QED) is 0.815. The maximum Gasteiger partial charge on any atom is 0.325 e. The van der Waals surface area contributed by atoms with Crippen molar-refractivity contribution in [2.75, 3.05) is 13.7 Å². The minimum Gasteiger partial charge on any atom is -0.494 e. The second-order valence-electron chi connectivity index (χ2n) is 5.45. The molecule has 1 saturated carbocycles. The van der Waals surface area contributed by atoms with Crippen LogP contribution in [0.1, 0.15) is 32.6 Å². The van der Waals surface area contributed by atoms with Crippen LogP contribution >= 0.6 is 0 Å². The molecule has 0 bridgehead atoms. The molecule has 0 saturated heterocycles. The molecule has 2 N–H and O–H groups in total. The van der Waals surface area contributed by atoms with Crippen molar-refractivity contribution in [1.29, 1.82) is 0 Å². The summed E-state index contributed by atoms with van der Waals surface area (Å²) in [5.41, 5.74) is 5.15. The van der Waals surface area contributed by atoms with Crippen molar-refractivity contribution in [2.24, 2.45) is 5.73 Å². The molecular formula is C16H23NO4. The number of carbonyl (C=O) groups is 1. The third kappa shape index (κ3) is 3.88. The van der Waals surface area contributed by atoms with Gasteiger partial charge in [-0.3, -0.25) is 4.79 Å². The van der Waals surface area contributed by atoms with E-state index in [1.807, 2.05) is 24.3 Å². The van der Waals surface area contributed by atoms with Crippen LogP contribution in [0.15, 0.2) is 24.3 Å². The Morgan fingerprint density at radius 2 is 2.00 bits per heavy atom. The first-order chi connectivity index (χ1) is 10.1. The molecular weight excluding hydrogens is 270 g/mol. The molecule has 21 heavy (non-hydrogen) atoms. The molecule has 0 heterocycles. The van der Waals surface area contributed by atoms with Crippen LogP contribution in [0.25, 0.3) is 0 Å². The van der Waals surface area contributed by atoms with Crippen LogP contribution in [0.2, 0.25) is 0 Å². The molecule has 1 aromatic rings. The Morgan fingerprint density at radius 3 is 2.62 bits per heavy atom. The number of hydrogen-bond acceptors (Lipinski definition) is 5. The molecule has 1 aliphatic rings. The topological polar surface area (TPSA) is 70.8 Å². The second kappa shape index (κ2) is 6.80. The molecule has 0 aromatic heterocycles. The summed E-state index contributed by atoms with van der Waals surface area (Å²) in [6.07, 6.45) is 2.73. The molecule has 0 spiro atoms. The smallest absolute Gasteiger partial charge is 0.325 e. The van der Waals surface area contributed by atoms with E-state index < -0.39 is 5.54 Å². The zero-order valence-electron chi connectivity index (χ0n) is 12.6. The molecule has 0 aliphatic heterocycles. The van der Waals surface area contributed by atoms with Gasteiger partial charge in [-0.25, -0.2) is 0 Å². The Kier molecular flexibility index (Phi) is 5.07. The molecule has 116 valence electrons. The number of benzene rings is 1. The molecule has 2 atom stereocenters. The van der Waals surface area contributed by atoms with Crippen molar-refractivity contribution in [3.05, 3.63) is 24.3 Å². The summed E-state index contributed by atoms with van der Waals surface area (Å²) in [7, 11) is 1.36. The maximum atomic E-state index is 11.7. The lowest BCUT2D eigenvalue weighted by molar-refractivity contribution is -0.147. The van der Waals surface area contributed by atoms with Gasteiger partial charge in [0.2, 0.25) is 0 Å². The summed E-state index contributed by atoms with van der Waals surface area (Å²) in [6, 6.07) is 7.52. The molecule has 2 unspecified atom stereocenters. The second-order valence-corrected chi connectivity index (χ2v) is 5.45. The molecule has 5 nitrogen and oxygen atoms in total. The van der Waals surface area contributed by atoms with E-state index in [1.165, 1.54) is 7.11 Å². The monoisotopic (exact) mass is 293 g/mol. The Balaban J connectivity index is 1.90. The normalized spacial score (nSPS) is 24.6. The number of nitrogens with two attached hydrogens (primary N) is 1. The summed E-state index contributed by atoms with van der Waals surface area (Å²) >= 11 is 0. The maximum absolute atomic E-state index is 11.7. The SMILES string of the molecule is CCCOc1ccc(OC2CCC(N)(C(=O)OC)C2)cc1.